The van der Waals surface area contributed by atoms with Gasteiger partial charge in [0.15, 0.2) is 0 Å². The lowest BCUT2D eigenvalue weighted by molar-refractivity contribution is 0.623. The number of fused-ring (bicyclic) bond motifs is 9. The lowest BCUT2D eigenvalue weighted by Gasteiger charge is -2.45. The van der Waals surface area contributed by atoms with E-state index in [1.54, 1.807) is 0 Å². The van der Waals surface area contributed by atoms with Crippen LogP contribution in [0.1, 0.15) is 45.0 Å². The van der Waals surface area contributed by atoms with Crippen molar-refractivity contribution in [3.8, 4) is 44.5 Å². The Balaban J connectivity index is 0.908. The molecule has 0 saturated heterocycles. The highest BCUT2D eigenvalue weighted by Gasteiger charge is 2.51. The Labute approximate surface area is 393 Å². The van der Waals surface area contributed by atoms with Crippen molar-refractivity contribution < 1.29 is 0 Å². The first-order chi connectivity index (χ1) is 33.2. The molecule has 1 spiro atoms. The van der Waals surface area contributed by atoms with E-state index in [0.717, 1.165) is 17.8 Å². The third kappa shape index (κ3) is 7.11. The van der Waals surface area contributed by atoms with Crippen LogP contribution in [-0.2, 0) is 12.0 Å². The van der Waals surface area contributed by atoms with E-state index in [2.05, 4.69) is 277 Å². The average molecular weight is 857 g/mol. The summed E-state index contributed by atoms with van der Waals surface area (Å²) in [5, 5.41) is 3.84. The molecule has 0 amide bonds. The Morgan fingerprint density at radius 1 is 0.388 bits per heavy atom. The summed E-state index contributed by atoms with van der Waals surface area (Å²) >= 11 is 0. The number of nitrogens with one attached hydrogen (secondary N) is 1. The Morgan fingerprint density at radius 2 is 0.896 bits per heavy atom. The summed E-state index contributed by atoms with van der Waals surface area (Å²) in [6, 6.07) is 93.2. The van der Waals surface area contributed by atoms with Crippen LogP contribution in [0.15, 0.2) is 261 Å². The standard InChI is InChI=1S/C65H48N2/c1-4-20-48(21-5-1)49-38-35-47(36-39-49)45-66-62(50-22-6-2-7-23-50)42-37-46-19-18-24-51(43-46)54-27-10-11-28-55(54)52-40-41-57-56-29-12-13-30-58(56)65(61(57)44-52)59-31-14-16-33-63(59)67(53-25-8-3-9-26-53)64-34-17-15-32-60(64)65/h1-44,62,66H,45H2/b42-37+. The van der Waals surface area contributed by atoms with E-state index < -0.39 is 5.41 Å². The number of para-hydroxylation sites is 3. The Bertz CT molecular complexity index is 3360. The van der Waals surface area contributed by atoms with Crippen molar-refractivity contribution >= 4 is 23.1 Å². The summed E-state index contributed by atoms with van der Waals surface area (Å²) in [7, 11) is 0. The van der Waals surface area contributed by atoms with Gasteiger partial charge in [-0.15, -0.1) is 0 Å². The van der Waals surface area contributed by atoms with Crippen LogP contribution in [0.5, 0.6) is 0 Å². The van der Waals surface area contributed by atoms with E-state index in [-0.39, 0.29) is 6.04 Å². The maximum atomic E-state index is 3.84. The van der Waals surface area contributed by atoms with Crippen LogP contribution in [0, 0.1) is 0 Å². The fourth-order valence-corrected chi connectivity index (χ4v) is 10.8. The molecule has 0 radical (unpaired) electrons. The monoisotopic (exact) mass is 856 g/mol. The SMILES string of the molecule is C(=C\C(NCc1ccc(-c2ccccc2)cc1)c1ccccc1)/c1cccc(-c2ccccc2-c2ccc3c(c2)C2(c4ccccc4-3)c3ccccc3N(c3ccccc3)c3ccccc32)c1. The third-order valence-electron chi connectivity index (χ3n) is 13.8. The minimum absolute atomic E-state index is 0.0311. The molecule has 2 heteroatoms. The number of hydrogen-bond donors (Lipinski definition) is 1. The van der Waals surface area contributed by atoms with E-state index in [4.69, 9.17) is 0 Å². The highest BCUT2D eigenvalue weighted by atomic mass is 15.2. The lowest BCUT2D eigenvalue weighted by atomic mass is 9.64. The molecule has 1 heterocycles. The number of hydrogen-bond acceptors (Lipinski definition) is 2. The lowest BCUT2D eigenvalue weighted by Crippen LogP contribution is -2.36. The van der Waals surface area contributed by atoms with Gasteiger partial charge in [-0.2, -0.15) is 0 Å². The second-order valence-corrected chi connectivity index (χ2v) is 17.6. The van der Waals surface area contributed by atoms with E-state index in [0.29, 0.717) is 0 Å². The fraction of sp³-hybridized carbons (Fsp3) is 0.0462. The first-order valence-corrected chi connectivity index (χ1v) is 23.3. The highest BCUT2D eigenvalue weighted by Crippen LogP contribution is 2.63. The molecule has 12 rings (SSSR count). The van der Waals surface area contributed by atoms with Gasteiger partial charge in [0, 0.05) is 12.2 Å². The maximum Gasteiger partial charge on any atom is 0.0754 e. The third-order valence-corrected chi connectivity index (χ3v) is 13.8. The number of anilines is 3. The van der Waals surface area contributed by atoms with Gasteiger partial charge in [0.2, 0.25) is 0 Å². The highest BCUT2D eigenvalue weighted by molar-refractivity contribution is 5.97. The second-order valence-electron chi connectivity index (χ2n) is 17.6. The van der Waals surface area contributed by atoms with Gasteiger partial charge in [0.25, 0.3) is 0 Å². The normalized spacial score (nSPS) is 13.5. The summed E-state index contributed by atoms with van der Waals surface area (Å²) in [5.74, 6) is 0. The van der Waals surface area contributed by atoms with E-state index in [9.17, 15) is 0 Å². The molecule has 0 saturated carbocycles. The Kier molecular flexibility index (Phi) is 10.4. The average Bonchev–Trinajstić information content (AvgIpc) is 3.69. The van der Waals surface area contributed by atoms with E-state index in [1.165, 1.54) is 89.3 Å². The molecule has 0 fully saturated rings. The Hall–Kier alpha value is -8.30. The van der Waals surface area contributed by atoms with Gasteiger partial charge in [0.1, 0.15) is 0 Å². The topological polar surface area (TPSA) is 15.3 Å². The summed E-state index contributed by atoms with van der Waals surface area (Å²) in [6.07, 6.45) is 4.57. The number of nitrogens with zero attached hydrogens (tertiary/aromatic N) is 1. The molecule has 2 nitrogen and oxygen atoms in total. The summed E-state index contributed by atoms with van der Waals surface area (Å²) in [5.41, 5.74) is 21.7. The van der Waals surface area contributed by atoms with Crippen LogP contribution in [0.3, 0.4) is 0 Å². The molecule has 67 heavy (non-hydrogen) atoms. The molecule has 2 aliphatic rings. The molecule has 10 aromatic rings. The maximum absolute atomic E-state index is 3.84. The van der Waals surface area contributed by atoms with E-state index in [1.807, 2.05) is 0 Å². The molecule has 1 N–H and O–H groups in total. The van der Waals surface area contributed by atoms with Gasteiger partial charge in [-0.1, -0.05) is 231 Å². The molecular formula is C65H48N2. The van der Waals surface area contributed by atoms with Crippen molar-refractivity contribution in [2.24, 2.45) is 0 Å². The molecule has 1 aliphatic carbocycles. The van der Waals surface area contributed by atoms with Crippen molar-refractivity contribution in [1.82, 2.24) is 5.32 Å². The Morgan fingerprint density at radius 3 is 1.58 bits per heavy atom. The fourth-order valence-electron chi connectivity index (χ4n) is 10.8. The molecule has 0 aromatic heterocycles. The predicted molar refractivity (Wildman–Crippen MR) is 280 cm³/mol. The van der Waals surface area contributed by atoms with Crippen LogP contribution in [-0.4, -0.2) is 0 Å². The molecule has 1 atom stereocenters. The van der Waals surface area contributed by atoms with Gasteiger partial charge < -0.3 is 10.2 Å². The van der Waals surface area contributed by atoms with Gasteiger partial charge in [-0.3, -0.25) is 0 Å². The summed E-state index contributed by atoms with van der Waals surface area (Å²) < 4.78 is 0. The van der Waals surface area contributed by atoms with Gasteiger partial charge in [0.05, 0.1) is 22.8 Å². The smallest absolute Gasteiger partial charge is 0.0754 e. The van der Waals surface area contributed by atoms with Gasteiger partial charge in [-0.25, -0.2) is 0 Å². The van der Waals surface area contributed by atoms with Gasteiger partial charge in [-0.05, 0) is 120 Å². The molecular weight excluding hydrogens is 809 g/mol. The van der Waals surface area contributed by atoms with Crippen LogP contribution in [0.25, 0.3) is 50.6 Å². The van der Waals surface area contributed by atoms with Crippen LogP contribution < -0.4 is 10.2 Å². The number of rotatable bonds is 10. The molecule has 318 valence electrons. The second kappa shape index (κ2) is 17.2. The molecule has 1 unspecified atom stereocenters. The first-order valence-electron chi connectivity index (χ1n) is 23.3. The number of benzene rings is 10. The zero-order chi connectivity index (χ0) is 44.6. The predicted octanol–water partition coefficient (Wildman–Crippen LogP) is 16.4. The van der Waals surface area contributed by atoms with Crippen molar-refractivity contribution in [2.75, 3.05) is 4.90 Å². The molecule has 0 bridgehead atoms. The van der Waals surface area contributed by atoms with Crippen LogP contribution >= 0.6 is 0 Å². The summed E-state index contributed by atoms with van der Waals surface area (Å²) in [4.78, 5) is 2.44. The molecule has 1 aliphatic heterocycles. The van der Waals surface area contributed by atoms with Gasteiger partial charge >= 0.3 is 0 Å². The minimum Gasteiger partial charge on any atom is -0.310 e. The van der Waals surface area contributed by atoms with Crippen LogP contribution in [0.4, 0.5) is 17.1 Å². The zero-order valence-electron chi connectivity index (χ0n) is 37.1. The minimum atomic E-state index is -0.519. The largest absolute Gasteiger partial charge is 0.310 e. The van der Waals surface area contributed by atoms with Crippen molar-refractivity contribution in [1.29, 1.82) is 0 Å². The van der Waals surface area contributed by atoms with E-state index >= 15 is 0 Å². The van der Waals surface area contributed by atoms with Crippen LogP contribution in [0.2, 0.25) is 0 Å². The first kappa shape index (κ1) is 40.2. The van der Waals surface area contributed by atoms with Crippen molar-refractivity contribution in [3.05, 3.63) is 300 Å². The summed E-state index contributed by atoms with van der Waals surface area (Å²) in [6.45, 7) is 0.752. The van der Waals surface area contributed by atoms with Crippen molar-refractivity contribution in [2.45, 2.75) is 18.0 Å². The zero-order valence-corrected chi connectivity index (χ0v) is 37.1. The molecule has 10 aromatic carbocycles. The quantitative estimate of drug-likeness (QED) is 0.147. The van der Waals surface area contributed by atoms with Crippen molar-refractivity contribution in [3.63, 3.8) is 0 Å².